The maximum atomic E-state index is 12.5. The van der Waals surface area contributed by atoms with Crippen LogP contribution in [0.2, 0.25) is 0 Å². The fraction of sp³-hybridized carbons (Fsp3) is 0.611. The van der Waals surface area contributed by atoms with Gasteiger partial charge in [0.2, 0.25) is 5.91 Å². The van der Waals surface area contributed by atoms with E-state index < -0.39 is 0 Å². The van der Waals surface area contributed by atoms with Crippen LogP contribution in [0.5, 0.6) is 0 Å². The molecule has 0 heterocycles. The van der Waals surface area contributed by atoms with Gasteiger partial charge in [-0.3, -0.25) is 4.79 Å². The molecule has 0 aromatic heterocycles. The molecule has 3 heteroatoms. The number of hydrogen-bond donors (Lipinski definition) is 2. The summed E-state index contributed by atoms with van der Waals surface area (Å²) in [5.74, 6) is 2.04. The molecule has 1 aromatic carbocycles. The molecule has 3 nitrogen and oxygen atoms in total. The van der Waals surface area contributed by atoms with E-state index in [4.69, 9.17) is 5.73 Å². The van der Waals surface area contributed by atoms with Crippen molar-refractivity contribution >= 4 is 17.3 Å². The Morgan fingerprint density at radius 2 is 1.90 bits per heavy atom. The van der Waals surface area contributed by atoms with E-state index >= 15 is 0 Å². The highest BCUT2D eigenvalue weighted by molar-refractivity contribution is 5.93. The van der Waals surface area contributed by atoms with Crippen LogP contribution in [0.1, 0.15) is 50.5 Å². The third kappa shape index (κ3) is 3.22. The standard InChI is InChI=1S/C18H26N2O/c1-12-6-9-16(11-17(12)19)20-18(21)15-8-7-13-4-2-3-5-14(13)10-15/h6,9,11,13-15H,2-5,7-8,10,19H2,1H3,(H,20,21). The zero-order chi connectivity index (χ0) is 14.8. The van der Waals surface area contributed by atoms with E-state index in [1.807, 2.05) is 25.1 Å². The molecule has 2 saturated carbocycles. The lowest BCUT2D eigenvalue weighted by atomic mass is 9.67. The lowest BCUT2D eigenvalue weighted by Crippen LogP contribution is -2.33. The summed E-state index contributed by atoms with van der Waals surface area (Å²) in [6.45, 7) is 1.98. The number of aryl methyl sites for hydroxylation is 1. The number of nitrogens with two attached hydrogens (primary N) is 1. The minimum atomic E-state index is 0.183. The number of benzene rings is 1. The van der Waals surface area contributed by atoms with Gasteiger partial charge in [0.15, 0.2) is 0 Å². The zero-order valence-corrected chi connectivity index (χ0v) is 12.9. The smallest absolute Gasteiger partial charge is 0.227 e. The van der Waals surface area contributed by atoms with Gasteiger partial charge in [0.1, 0.15) is 0 Å². The largest absolute Gasteiger partial charge is 0.398 e. The van der Waals surface area contributed by atoms with E-state index in [0.717, 1.165) is 41.6 Å². The molecule has 0 saturated heterocycles. The topological polar surface area (TPSA) is 55.1 Å². The van der Waals surface area contributed by atoms with Crippen LogP contribution >= 0.6 is 0 Å². The predicted octanol–water partition coefficient (Wildman–Crippen LogP) is 4.12. The Bertz CT molecular complexity index is 526. The van der Waals surface area contributed by atoms with Gasteiger partial charge in [-0.15, -0.1) is 0 Å². The highest BCUT2D eigenvalue weighted by atomic mass is 16.1. The molecule has 3 N–H and O–H groups in total. The number of anilines is 2. The van der Waals surface area contributed by atoms with Crippen LogP contribution < -0.4 is 11.1 Å². The molecule has 2 fully saturated rings. The summed E-state index contributed by atoms with van der Waals surface area (Å²) in [7, 11) is 0. The van der Waals surface area contributed by atoms with Crippen LogP contribution in [0.3, 0.4) is 0 Å². The van der Waals surface area contributed by atoms with Gasteiger partial charge in [0.25, 0.3) is 0 Å². The molecule has 3 atom stereocenters. The summed E-state index contributed by atoms with van der Waals surface area (Å²) in [5, 5.41) is 3.06. The molecule has 3 unspecified atom stereocenters. The van der Waals surface area contributed by atoms with Crippen LogP contribution in [0, 0.1) is 24.7 Å². The summed E-state index contributed by atoms with van der Waals surface area (Å²) in [6.07, 6.45) is 8.81. The number of hydrogen-bond acceptors (Lipinski definition) is 2. The van der Waals surface area contributed by atoms with E-state index in [9.17, 15) is 4.79 Å². The molecule has 3 rings (SSSR count). The summed E-state index contributed by atoms with van der Waals surface area (Å²) >= 11 is 0. The monoisotopic (exact) mass is 286 g/mol. The summed E-state index contributed by atoms with van der Waals surface area (Å²) in [4.78, 5) is 12.5. The van der Waals surface area contributed by atoms with E-state index in [-0.39, 0.29) is 11.8 Å². The van der Waals surface area contributed by atoms with Gasteiger partial charge < -0.3 is 11.1 Å². The minimum absolute atomic E-state index is 0.183. The van der Waals surface area contributed by atoms with Crippen LogP contribution in [0.15, 0.2) is 18.2 Å². The molecular formula is C18H26N2O. The van der Waals surface area contributed by atoms with Crippen molar-refractivity contribution in [2.24, 2.45) is 17.8 Å². The van der Waals surface area contributed by atoms with E-state index in [0.29, 0.717) is 0 Å². The molecule has 114 valence electrons. The first-order chi connectivity index (χ1) is 10.1. The van der Waals surface area contributed by atoms with Crippen molar-refractivity contribution < 1.29 is 4.79 Å². The first-order valence-electron chi connectivity index (χ1n) is 8.30. The molecule has 0 radical (unpaired) electrons. The van der Waals surface area contributed by atoms with Crippen molar-refractivity contribution in [3.05, 3.63) is 23.8 Å². The molecule has 21 heavy (non-hydrogen) atoms. The number of amides is 1. The van der Waals surface area contributed by atoms with Gasteiger partial charge in [-0.2, -0.15) is 0 Å². The molecule has 0 aliphatic heterocycles. The average molecular weight is 286 g/mol. The quantitative estimate of drug-likeness (QED) is 0.803. The van der Waals surface area contributed by atoms with E-state index in [2.05, 4.69) is 5.32 Å². The predicted molar refractivity (Wildman–Crippen MR) is 87.0 cm³/mol. The van der Waals surface area contributed by atoms with Crippen molar-refractivity contribution in [1.82, 2.24) is 0 Å². The van der Waals surface area contributed by atoms with Crippen molar-refractivity contribution in [3.8, 4) is 0 Å². The highest BCUT2D eigenvalue weighted by Gasteiger charge is 2.34. The third-order valence-electron chi connectivity index (χ3n) is 5.46. The fourth-order valence-electron chi connectivity index (χ4n) is 4.07. The van der Waals surface area contributed by atoms with Gasteiger partial charge in [-0.25, -0.2) is 0 Å². The first kappa shape index (κ1) is 14.4. The molecule has 1 aromatic rings. The summed E-state index contributed by atoms with van der Waals surface area (Å²) in [5.41, 5.74) is 8.53. The molecule has 0 bridgehead atoms. The number of nitrogen functional groups attached to an aromatic ring is 1. The second kappa shape index (κ2) is 6.08. The molecule has 0 spiro atoms. The fourth-order valence-corrected chi connectivity index (χ4v) is 4.07. The van der Waals surface area contributed by atoms with Crippen molar-refractivity contribution in [2.45, 2.75) is 51.9 Å². The maximum absolute atomic E-state index is 12.5. The zero-order valence-electron chi connectivity index (χ0n) is 12.9. The van der Waals surface area contributed by atoms with Crippen LogP contribution in [0.25, 0.3) is 0 Å². The van der Waals surface area contributed by atoms with Crippen molar-refractivity contribution in [2.75, 3.05) is 11.1 Å². The Morgan fingerprint density at radius 1 is 1.14 bits per heavy atom. The van der Waals surface area contributed by atoms with Gasteiger partial charge in [-0.1, -0.05) is 31.7 Å². The maximum Gasteiger partial charge on any atom is 0.227 e. The Morgan fingerprint density at radius 3 is 2.67 bits per heavy atom. The Kier molecular flexibility index (Phi) is 4.18. The number of rotatable bonds is 2. The van der Waals surface area contributed by atoms with Crippen LogP contribution in [0.4, 0.5) is 11.4 Å². The van der Waals surface area contributed by atoms with Gasteiger partial charge in [-0.05, 0) is 55.7 Å². The molecule has 1 amide bonds. The van der Waals surface area contributed by atoms with Crippen LogP contribution in [-0.2, 0) is 4.79 Å². The number of nitrogens with one attached hydrogen (secondary N) is 1. The molecule has 2 aliphatic carbocycles. The molecule has 2 aliphatic rings. The van der Waals surface area contributed by atoms with Gasteiger partial charge in [0, 0.05) is 17.3 Å². The average Bonchev–Trinajstić information content (AvgIpc) is 2.50. The SMILES string of the molecule is Cc1ccc(NC(=O)C2CCC3CCCCC3C2)cc1N. The van der Waals surface area contributed by atoms with Crippen molar-refractivity contribution in [3.63, 3.8) is 0 Å². The van der Waals surface area contributed by atoms with Crippen LogP contribution in [-0.4, -0.2) is 5.91 Å². The lowest BCUT2D eigenvalue weighted by Gasteiger charge is -2.38. The summed E-state index contributed by atoms with van der Waals surface area (Å²) < 4.78 is 0. The second-order valence-corrected chi connectivity index (χ2v) is 6.88. The number of carbonyl (C=O) groups is 1. The number of carbonyl (C=O) groups excluding carboxylic acids is 1. The lowest BCUT2D eigenvalue weighted by molar-refractivity contribution is -0.122. The number of fused-ring (bicyclic) bond motifs is 1. The van der Waals surface area contributed by atoms with Gasteiger partial charge in [0.05, 0.1) is 0 Å². The molecular weight excluding hydrogens is 260 g/mol. The summed E-state index contributed by atoms with van der Waals surface area (Å²) in [6, 6.07) is 5.76. The van der Waals surface area contributed by atoms with Crippen molar-refractivity contribution in [1.29, 1.82) is 0 Å². The first-order valence-corrected chi connectivity index (χ1v) is 8.30. The Balaban J connectivity index is 1.61. The minimum Gasteiger partial charge on any atom is -0.398 e. The highest BCUT2D eigenvalue weighted by Crippen LogP contribution is 2.42. The Hall–Kier alpha value is -1.51. The Labute approximate surface area is 127 Å². The second-order valence-electron chi connectivity index (χ2n) is 6.88. The van der Waals surface area contributed by atoms with Gasteiger partial charge >= 0.3 is 0 Å². The normalized spacial score (nSPS) is 28.7. The van der Waals surface area contributed by atoms with E-state index in [1.165, 1.54) is 32.1 Å². The van der Waals surface area contributed by atoms with E-state index in [1.54, 1.807) is 0 Å². The third-order valence-corrected chi connectivity index (χ3v) is 5.46.